The number of sulfonamides is 1. The molecule has 7 nitrogen and oxygen atoms in total. The number of halogens is 1. The molecule has 0 saturated heterocycles. The third-order valence-corrected chi connectivity index (χ3v) is 9.48. The van der Waals surface area contributed by atoms with Gasteiger partial charge in [0.1, 0.15) is 6.04 Å². The van der Waals surface area contributed by atoms with Crippen LogP contribution >= 0.6 is 11.6 Å². The fourth-order valence-electron chi connectivity index (χ4n) is 5.83. The molecule has 1 aliphatic rings. The monoisotopic (exact) mass is 623 g/mol. The van der Waals surface area contributed by atoms with Crippen LogP contribution in [0.1, 0.15) is 60.8 Å². The van der Waals surface area contributed by atoms with Gasteiger partial charge in [-0.25, -0.2) is 8.42 Å². The second kappa shape index (κ2) is 14.9. The molecule has 0 unspecified atom stereocenters. The predicted molar refractivity (Wildman–Crippen MR) is 174 cm³/mol. The van der Waals surface area contributed by atoms with Crippen LogP contribution in [0.15, 0.2) is 72.8 Å². The molecule has 43 heavy (non-hydrogen) atoms. The van der Waals surface area contributed by atoms with Crippen LogP contribution in [-0.4, -0.2) is 50.0 Å². The van der Waals surface area contributed by atoms with Gasteiger partial charge in [0.15, 0.2) is 0 Å². The molecule has 2 amide bonds. The maximum atomic E-state index is 14.0. The molecule has 0 bridgehead atoms. The van der Waals surface area contributed by atoms with Crippen LogP contribution in [0.2, 0.25) is 5.02 Å². The van der Waals surface area contributed by atoms with Crippen molar-refractivity contribution < 1.29 is 18.0 Å². The van der Waals surface area contributed by atoms with Crippen molar-refractivity contribution in [3.63, 3.8) is 0 Å². The highest BCUT2D eigenvalue weighted by molar-refractivity contribution is 7.92. The zero-order valence-electron chi connectivity index (χ0n) is 25.3. The third kappa shape index (κ3) is 9.31. The largest absolute Gasteiger partial charge is 0.352 e. The summed E-state index contributed by atoms with van der Waals surface area (Å²) in [5, 5.41) is 3.73. The summed E-state index contributed by atoms with van der Waals surface area (Å²) in [5.74, 6) is -0.402. The molecule has 0 heterocycles. The van der Waals surface area contributed by atoms with Crippen molar-refractivity contribution in [3.05, 3.63) is 100 Å². The predicted octanol–water partition coefficient (Wildman–Crippen LogP) is 6.20. The first-order chi connectivity index (χ1) is 20.5. The Kier molecular flexibility index (Phi) is 11.3. The Morgan fingerprint density at radius 3 is 2.21 bits per heavy atom. The Morgan fingerprint density at radius 2 is 1.58 bits per heavy atom. The number of carbonyl (C=O) groups is 2. The lowest BCUT2D eigenvalue weighted by Gasteiger charge is -2.33. The average Bonchev–Trinajstić information content (AvgIpc) is 3.46. The normalized spacial score (nSPS) is 14.3. The smallest absolute Gasteiger partial charge is 0.243 e. The summed E-state index contributed by atoms with van der Waals surface area (Å²) in [6, 6.07) is 22.0. The molecule has 0 aliphatic heterocycles. The van der Waals surface area contributed by atoms with Gasteiger partial charge in [-0.15, -0.1) is 0 Å². The molecule has 4 rings (SSSR count). The maximum absolute atomic E-state index is 14.0. The number of benzene rings is 3. The van der Waals surface area contributed by atoms with Crippen LogP contribution in [0, 0.1) is 13.8 Å². The highest BCUT2D eigenvalue weighted by Gasteiger charge is 2.32. The number of anilines is 1. The van der Waals surface area contributed by atoms with Crippen LogP contribution in [0.25, 0.3) is 0 Å². The van der Waals surface area contributed by atoms with Gasteiger partial charge in [0.2, 0.25) is 21.8 Å². The fraction of sp³-hybridized carbons (Fsp3) is 0.412. The Labute approximate surface area is 261 Å². The summed E-state index contributed by atoms with van der Waals surface area (Å²) in [6.45, 7) is 4.17. The Balaban J connectivity index is 1.60. The van der Waals surface area contributed by atoms with E-state index in [1.807, 2.05) is 80.6 Å². The summed E-state index contributed by atoms with van der Waals surface area (Å²) in [5.41, 5.74) is 4.20. The summed E-state index contributed by atoms with van der Waals surface area (Å²) in [6.07, 6.45) is 5.92. The summed E-state index contributed by atoms with van der Waals surface area (Å²) in [4.78, 5) is 29.5. The first-order valence-electron chi connectivity index (χ1n) is 14.9. The van der Waals surface area contributed by atoms with Crippen LogP contribution in [0.4, 0.5) is 5.69 Å². The minimum Gasteiger partial charge on any atom is -0.352 e. The lowest BCUT2D eigenvalue weighted by Crippen LogP contribution is -2.52. The van der Waals surface area contributed by atoms with Crippen molar-refractivity contribution in [3.8, 4) is 0 Å². The molecule has 230 valence electrons. The van der Waals surface area contributed by atoms with Crippen LogP contribution in [-0.2, 0) is 32.6 Å². The van der Waals surface area contributed by atoms with E-state index in [0.29, 0.717) is 23.6 Å². The Bertz CT molecular complexity index is 1490. The van der Waals surface area contributed by atoms with Gasteiger partial charge in [-0.2, -0.15) is 0 Å². The van der Waals surface area contributed by atoms with E-state index < -0.39 is 16.1 Å². The topological polar surface area (TPSA) is 86.8 Å². The third-order valence-electron chi connectivity index (χ3n) is 7.92. The van der Waals surface area contributed by atoms with E-state index in [1.165, 1.54) is 10.6 Å². The Hall–Kier alpha value is -3.36. The minimum absolute atomic E-state index is 0.0727. The molecular formula is C34H42ClN3O4S. The van der Waals surface area contributed by atoms with Gasteiger partial charge >= 0.3 is 0 Å². The van der Waals surface area contributed by atoms with Crippen LogP contribution in [0.3, 0.4) is 0 Å². The zero-order chi connectivity index (χ0) is 31.0. The number of hydrogen-bond donors (Lipinski definition) is 1. The maximum Gasteiger partial charge on any atom is 0.243 e. The van der Waals surface area contributed by atoms with E-state index >= 15 is 0 Å². The molecular weight excluding hydrogens is 582 g/mol. The van der Waals surface area contributed by atoms with Crippen molar-refractivity contribution in [2.45, 2.75) is 77.4 Å². The molecule has 9 heteroatoms. The number of aryl methyl sites for hydroxylation is 2. The van der Waals surface area contributed by atoms with Gasteiger partial charge < -0.3 is 10.2 Å². The quantitative estimate of drug-likeness (QED) is 0.246. The summed E-state index contributed by atoms with van der Waals surface area (Å²) < 4.78 is 26.9. The lowest BCUT2D eigenvalue weighted by atomic mass is 10.0. The van der Waals surface area contributed by atoms with Crippen molar-refractivity contribution >= 4 is 39.1 Å². The zero-order valence-corrected chi connectivity index (χ0v) is 26.8. The van der Waals surface area contributed by atoms with Gasteiger partial charge in [-0.3, -0.25) is 13.9 Å². The first kappa shape index (κ1) is 32.6. The van der Waals surface area contributed by atoms with Crippen molar-refractivity contribution in [2.24, 2.45) is 0 Å². The number of carbonyl (C=O) groups excluding carboxylic acids is 2. The fourth-order valence-corrected chi connectivity index (χ4v) is 6.97. The molecule has 0 radical (unpaired) electrons. The van der Waals surface area contributed by atoms with Crippen molar-refractivity contribution in [1.29, 1.82) is 0 Å². The summed E-state index contributed by atoms with van der Waals surface area (Å²) >= 11 is 6.53. The standard InChI is InChI=1S/C34H42ClN3O4S/c1-25-20-26(2)22-30(21-25)38(43(3,41)42)19-11-18-33(39)37(24-28-14-7-10-17-31(28)35)32(23-27-12-5-4-6-13-27)34(40)36-29-15-8-9-16-29/h4-7,10,12-14,17,20-22,29,32H,8-9,11,15-16,18-19,23-24H2,1-3H3,(H,36,40)/t32-/m0/s1. The van der Waals surface area contributed by atoms with Gasteiger partial charge in [0.05, 0.1) is 11.9 Å². The average molecular weight is 624 g/mol. The molecule has 0 aromatic heterocycles. The molecule has 1 aliphatic carbocycles. The molecule has 1 N–H and O–H groups in total. The Morgan fingerprint density at radius 1 is 0.953 bits per heavy atom. The lowest BCUT2D eigenvalue weighted by molar-refractivity contribution is -0.141. The van der Waals surface area contributed by atoms with Crippen molar-refractivity contribution in [2.75, 3.05) is 17.1 Å². The number of rotatable bonds is 13. The molecule has 3 aromatic carbocycles. The van der Waals surface area contributed by atoms with E-state index in [-0.39, 0.29) is 37.4 Å². The van der Waals surface area contributed by atoms with Gasteiger partial charge in [0.25, 0.3) is 0 Å². The number of nitrogens with zero attached hydrogens (tertiary/aromatic N) is 2. The first-order valence-corrected chi connectivity index (χ1v) is 17.2. The second-order valence-electron chi connectivity index (χ2n) is 11.6. The van der Waals surface area contributed by atoms with Crippen molar-refractivity contribution in [1.82, 2.24) is 10.2 Å². The number of hydrogen-bond acceptors (Lipinski definition) is 4. The SMILES string of the molecule is Cc1cc(C)cc(N(CCCC(=O)N(Cc2ccccc2Cl)[C@@H](Cc2ccccc2)C(=O)NC2CCCC2)S(C)(=O)=O)c1. The molecule has 1 fully saturated rings. The van der Waals surface area contributed by atoms with E-state index in [1.54, 1.807) is 11.0 Å². The van der Waals surface area contributed by atoms with E-state index in [9.17, 15) is 18.0 Å². The molecule has 1 atom stereocenters. The van der Waals surface area contributed by atoms with E-state index in [4.69, 9.17) is 11.6 Å². The number of amides is 2. The minimum atomic E-state index is -3.58. The van der Waals surface area contributed by atoms with Crippen LogP contribution in [0.5, 0.6) is 0 Å². The second-order valence-corrected chi connectivity index (χ2v) is 13.9. The van der Waals surface area contributed by atoms with Crippen LogP contribution < -0.4 is 9.62 Å². The molecule has 1 saturated carbocycles. The highest BCUT2D eigenvalue weighted by atomic mass is 35.5. The van der Waals surface area contributed by atoms with Gasteiger partial charge in [-0.05, 0) is 73.6 Å². The van der Waals surface area contributed by atoms with E-state index in [0.717, 1.165) is 47.9 Å². The van der Waals surface area contributed by atoms with Gasteiger partial charge in [-0.1, -0.05) is 79.0 Å². The molecule has 3 aromatic rings. The molecule has 0 spiro atoms. The number of nitrogens with one attached hydrogen (secondary N) is 1. The van der Waals surface area contributed by atoms with E-state index in [2.05, 4.69) is 5.32 Å². The summed E-state index contributed by atoms with van der Waals surface area (Å²) in [7, 11) is -3.58. The van der Waals surface area contributed by atoms with Gasteiger partial charge in [0, 0.05) is 37.0 Å². The highest BCUT2D eigenvalue weighted by Crippen LogP contribution is 2.25.